The van der Waals surface area contributed by atoms with Crippen LogP contribution in [0.1, 0.15) is 22.3 Å². The predicted octanol–water partition coefficient (Wildman–Crippen LogP) is 2.74. The maximum Gasteiger partial charge on any atom is 0.330 e. The van der Waals surface area contributed by atoms with Crippen molar-refractivity contribution in [2.75, 3.05) is 6.61 Å². The van der Waals surface area contributed by atoms with Gasteiger partial charge in [0.05, 0.1) is 16.8 Å². The van der Waals surface area contributed by atoms with Gasteiger partial charge in [0, 0.05) is 24.1 Å². The van der Waals surface area contributed by atoms with Gasteiger partial charge in [-0.05, 0) is 36.0 Å². The zero-order chi connectivity index (χ0) is 24.7. The lowest BCUT2D eigenvalue weighted by atomic mass is 9.85. The molecule has 5 rings (SSSR count). The number of carbonyl (C=O) groups is 4. The molecule has 0 N–H and O–H groups in total. The predicted molar refractivity (Wildman–Crippen MR) is 122 cm³/mol. The molecule has 9 heteroatoms. The molecule has 1 saturated carbocycles. The number of fused-ring (bicyclic) bond motifs is 5. The lowest BCUT2D eigenvalue weighted by molar-refractivity contribution is -0.384. The molecule has 178 valence electrons. The maximum absolute atomic E-state index is 13.3. The Labute approximate surface area is 200 Å². The number of Topliss-reactive ketones (excluding diaryl/α,β-unsaturated/α-hetero) is 1. The molecule has 5 atom stereocenters. The first-order valence-corrected chi connectivity index (χ1v) is 11.4. The number of imide groups is 1. The summed E-state index contributed by atoms with van der Waals surface area (Å²) in [6.07, 6.45) is 4.81. The van der Waals surface area contributed by atoms with Crippen molar-refractivity contribution in [2.24, 2.45) is 23.7 Å². The number of esters is 1. The highest BCUT2D eigenvalue weighted by Crippen LogP contribution is 2.53. The fourth-order valence-corrected chi connectivity index (χ4v) is 5.44. The number of hydrogen-bond donors (Lipinski definition) is 0. The van der Waals surface area contributed by atoms with E-state index in [1.165, 1.54) is 24.3 Å². The fraction of sp³-hybridized carbons (Fsp3) is 0.308. The second-order valence-corrected chi connectivity index (χ2v) is 9.09. The van der Waals surface area contributed by atoms with Gasteiger partial charge in [-0.2, -0.15) is 0 Å². The molecule has 9 nitrogen and oxygen atoms in total. The van der Waals surface area contributed by atoms with Crippen molar-refractivity contribution < 1.29 is 28.8 Å². The first kappa shape index (κ1) is 22.6. The van der Waals surface area contributed by atoms with Crippen molar-refractivity contribution in [3.8, 4) is 0 Å². The molecular formula is C26H22N2O7. The number of nitro benzene ring substituents is 1. The van der Waals surface area contributed by atoms with E-state index < -0.39 is 41.2 Å². The molecule has 2 aliphatic carbocycles. The molecular weight excluding hydrogens is 452 g/mol. The summed E-state index contributed by atoms with van der Waals surface area (Å²) in [5.74, 6) is -3.02. The smallest absolute Gasteiger partial charge is 0.330 e. The molecule has 2 fully saturated rings. The number of rotatable bonds is 8. The van der Waals surface area contributed by atoms with Crippen LogP contribution in [0.15, 0.2) is 66.7 Å². The SMILES string of the molecule is O=C(COC(=O)[C@H](Cc1ccccc1)N1C(=O)[C@@H]2[C@@H](C1=O)[C@H]1C=C[C@@H]2C1)c1ccc([N+](=O)[O-])cc1. The van der Waals surface area contributed by atoms with Crippen LogP contribution in [0, 0.1) is 33.8 Å². The largest absolute Gasteiger partial charge is 0.456 e. The lowest BCUT2D eigenvalue weighted by Gasteiger charge is -2.26. The number of ketones is 1. The normalized spacial score (nSPS) is 25.0. The minimum absolute atomic E-state index is 0.00330. The Morgan fingerprint density at radius 2 is 1.57 bits per heavy atom. The monoisotopic (exact) mass is 474 g/mol. The molecule has 3 aliphatic rings. The summed E-state index contributed by atoms with van der Waals surface area (Å²) in [5, 5.41) is 10.8. The zero-order valence-electron chi connectivity index (χ0n) is 18.6. The standard InChI is InChI=1S/C26H22N2O7/c29-21(16-8-10-19(11-9-16)28(33)34)14-35-26(32)20(12-15-4-2-1-3-5-15)27-24(30)22-17-6-7-18(13-17)23(22)25(27)31/h1-11,17-18,20,22-23H,12-14H2/t17-,18+,20-,22-,23-/m0/s1. The molecule has 0 radical (unpaired) electrons. The number of hydrogen-bond acceptors (Lipinski definition) is 7. The van der Waals surface area contributed by atoms with E-state index in [0.29, 0.717) is 0 Å². The van der Waals surface area contributed by atoms with Crippen LogP contribution in [0.5, 0.6) is 0 Å². The molecule has 1 aliphatic heterocycles. The molecule has 1 saturated heterocycles. The molecule has 2 bridgehead atoms. The molecule has 2 amide bonds. The highest BCUT2D eigenvalue weighted by atomic mass is 16.6. The van der Waals surface area contributed by atoms with E-state index in [-0.39, 0.29) is 41.3 Å². The quantitative estimate of drug-likeness (QED) is 0.144. The van der Waals surface area contributed by atoms with Gasteiger partial charge in [0.1, 0.15) is 6.04 Å². The maximum atomic E-state index is 13.3. The summed E-state index contributed by atoms with van der Waals surface area (Å²) in [6.45, 7) is -0.613. The first-order valence-electron chi connectivity index (χ1n) is 11.4. The van der Waals surface area contributed by atoms with Gasteiger partial charge in [-0.1, -0.05) is 42.5 Å². The van der Waals surface area contributed by atoms with Crippen molar-refractivity contribution in [1.82, 2.24) is 4.90 Å². The van der Waals surface area contributed by atoms with Crippen LogP contribution < -0.4 is 0 Å². The van der Waals surface area contributed by atoms with Crippen molar-refractivity contribution in [1.29, 1.82) is 0 Å². The van der Waals surface area contributed by atoms with Gasteiger partial charge >= 0.3 is 5.97 Å². The topological polar surface area (TPSA) is 124 Å². The number of nitrogens with zero attached hydrogens (tertiary/aromatic N) is 2. The molecule has 1 heterocycles. The highest BCUT2D eigenvalue weighted by molar-refractivity contribution is 6.09. The average Bonchev–Trinajstić information content (AvgIpc) is 3.55. The van der Waals surface area contributed by atoms with Gasteiger partial charge < -0.3 is 4.74 Å². The van der Waals surface area contributed by atoms with E-state index in [9.17, 15) is 29.3 Å². The van der Waals surface area contributed by atoms with Crippen molar-refractivity contribution in [3.63, 3.8) is 0 Å². The third-order valence-corrected chi connectivity index (χ3v) is 7.11. The van der Waals surface area contributed by atoms with Crippen LogP contribution >= 0.6 is 0 Å². The van der Waals surface area contributed by atoms with E-state index in [1.54, 1.807) is 24.3 Å². The number of ether oxygens (including phenoxy) is 1. The van der Waals surface area contributed by atoms with Crippen molar-refractivity contribution in [2.45, 2.75) is 18.9 Å². The Kier molecular flexibility index (Phi) is 5.76. The summed E-state index contributed by atoms with van der Waals surface area (Å²) in [4.78, 5) is 63.6. The van der Waals surface area contributed by atoms with E-state index in [0.717, 1.165) is 16.9 Å². The van der Waals surface area contributed by atoms with Crippen molar-refractivity contribution >= 4 is 29.3 Å². The number of nitro groups is 1. The third-order valence-electron chi connectivity index (χ3n) is 7.11. The summed E-state index contributed by atoms with van der Waals surface area (Å²) in [7, 11) is 0. The number of likely N-dealkylation sites (tertiary alicyclic amines) is 1. The minimum atomic E-state index is -1.19. The van der Waals surface area contributed by atoms with Crippen LogP contribution in [-0.2, 0) is 25.5 Å². The Morgan fingerprint density at radius 3 is 2.14 bits per heavy atom. The first-order chi connectivity index (χ1) is 16.8. The van der Waals surface area contributed by atoms with Gasteiger partial charge in [0.25, 0.3) is 5.69 Å². The van der Waals surface area contributed by atoms with E-state index in [1.807, 2.05) is 18.2 Å². The van der Waals surface area contributed by atoms with Crippen LogP contribution in [0.25, 0.3) is 0 Å². The minimum Gasteiger partial charge on any atom is -0.456 e. The van der Waals surface area contributed by atoms with Gasteiger partial charge in [-0.3, -0.25) is 29.4 Å². The third kappa shape index (κ3) is 4.03. The Bertz CT molecular complexity index is 1210. The zero-order valence-corrected chi connectivity index (χ0v) is 18.6. The number of non-ortho nitro benzene ring substituents is 1. The Morgan fingerprint density at radius 1 is 0.971 bits per heavy atom. The second kappa shape index (κ2) is 8.90. The molecule has 35 heavy (non-hydrogen) atoms. The lowest BCUT2D eigenvalue weighted by Crippen LogP contribution is -2.48. The molecule has 2 aromatic carbocycles. The van der Waals surface area contributed by atoms with Crippen LogP contribution in [0.2, 0.25) is 0 Å². The molecule has 0 spiro atoms. The summed E-state index contributed by atoms with van der Waals surface area (Å²) < 4.78 is 5.29. The Balaban J connectivity index is 1.34. The van der Waals surface area contributed by atoms with E-state index in [2.05, 4.69) is 0 Å². The fourth-order valence-electron chi connectivity index (χ4n) is 5.44. The summed E-state index contributed by atoms with van der Waals surface area (Å²) in [6, 6.07) is 12.8. The van der Waals surface area contributed by atoms with Gasteiger partial charge in [-0.25, -0.2) is 4.79 Å². The average molecular weight is 474 g/mol. The summed E-state index contributed by atoms with van der Waals surface area (Å²) >= 11 is 0. The molecule has 0 unspecified atom stereocenters. The second-order valence-electron chi connectivity index (χ2n) is 9.09. The van der Waals surface area contributed by atoms with Crippen LogP contribution in [-0.4, -0.2) is 46.0 Å². The number of amides is 2. The number of allylic oxidation sites excluding steroid dienone is 2. The van der Waals surface area contributed by atoms with Gasteiger partial charge in [0.2, 0.25) is 11.8 Å². The van der Waals surface area contributed by atoms with Crippen molar-refractivity contribution in [3.05, 3.63) is 88.0 Å². The van der Waals surface area contributed by atoms with Crippen LogP contribution in [0.3, 0.4) is 0 Å². The number of carbonyl (C=O) groups excluding carboxylic acids is 4. The summed E-state index contributed by atoms with van der Waals surface area (Å²) in [5.41, 5.74) is 0.727. The van der Waals surface area contributed by atoms with Gasteiger partial charge in [0.15, 0.2) is 12.4 Å². The highest BCUT2D eigenvalue weighted by Gasteiger charge is 2.61. The van der Waals surface area contributed by atoms with Crippen LogP contribution in [0.4, 0.5) is 5.69 Å². The van der Waals surface area contributed by atoms with Gasteiger partial charge in [-0.15, -0.1) is 0 Å². The van der Waals surface area contributed by atoms with E-state index >= 15 is 0 Å². The Hall–Kier alpha value is -4.14. The molecule has 0 aromatic heterocycles. The van der Waals surface area contributed by atoms with E-state index in [4.69, 9.17) is 4.74 Å². The number of benzene rings is 2. The molecule has 2 aromatic rings.